The maximum absolute atomic E-state index is 11.3. The molecule has 1 N–H and O–H groups in total. The SMILES string of the molecule is COC(=O)CC/C=C\CC1C2CCC(O2)C1c1nc(C(=S)NCCCCC2CCCCC2)co1. The van der Waals surface area contributed by atoms with Crippen molar-refractivity contribution in [2.45, 2.75) is 102 Å². The van der Waals surface area contributed by atoms with Gasteiger partial charge in [-0.25, -0.2) is 4.98 Å². The Morgan fingerprint density at radius 1 is 1.18 bits per heavy atom. The molecule has 2 bridgehead atoms. The Kier molecular flexibility index (Phi) is 9.57. The number of rotatable bonds is 12. The van der Waals surface area contributed by atoms with E-state index in [9.17, 15) is 4.79 Å². The molecule has 6 nitrogen and oxygen atoms in total. The van der Waals surface area contributed by atoms with Crippen LogP contribution < -0.4 is 5.32 Å². The van der Waals surface area contributed by atoms with Crippen molar-refractivity contribution in [1.29, 1.82) is 0 Å². The quantitative estimate of drug-likeness (QED) is 0.171. The van der Waals surface area contributed by atoms with E-state index in [1.165, 1.54) is 52.1 Å². The summed E-state index contributed by atoms with van der Waals surface area (Å²) in [4.78, 5) is 16.7. The topological polar surface area (TPSA) is 73.6 Å². The summed E-state index contributed by atoms with van der Waals surface area (Å²) in [5.74, 6) is 2.03. The highest BCUT2D eigenvalue weighted by Gasteiger charge is 2.51. The van der Waals surface area contributed by atoms with Gasteiger partial charge in [0.2, 0.25) is 5.89 Å². The normalized spacial score (nSPS) is 26.9. The summed E-state index contributed by atoms with van der Waals surface area (Å²) in [6, 6.07) is 0. The van der Waals surface area contributed by atoms with E-state index >= 15 is 0 Å². The Hall–Kier alpha value is -1.73. The van der Waals surface area contributed by atoms with Crippen LogP contribution in [0.1, 0.15) is 101 Å². The Balaban J connectivity index is 1.23. The number of aromatic nitrogens is 1. The number of nitrogens with one attached hydrogen (secondary N) is 1. The summed E-state index contributed by atoms with van der Waals surface area (Å²) in [7, 11) is 1.42. The summed E-state index contributed by atoms with van der Waals surface area (Å²) < 4.78 is 16.8. The minimum Gasteiger partial charge on any atom is -0.469 e. The number of hydrogen-bond acceptors (Lipinski definition) is 6. The molecule has 34 heavy (non-hydrogen) atoms. The first-order valence-corrected chi connectivity index (χ1v) is 13.7. The maximum Gasteiger partial charge on any atom is 0.305 e. The van der Waals surface area contributed by atoms with E-state index in [1.807, 2.05) is 0 Å². The van der Waals surface area contributed by atoms with Gasteiger partial charge in [-0.05, 0) is 38.0 Å². The zero-order valence-corrected chi connectivity index (χ0v) is 21.3. The standard InChI is InChI=1S/C27H40N2O4S/c1-31-24(30)14-7-3-6-13-20-22-15-16-23(33-22)25(20)26-29-21(18-32-26)27(34)28-17-9-8-12-19-10-4-2-5-11-19/h3,6,18-20,22-23,25H,2,4-5,7-17H2,1H3,(H,28,34)/b6-3-. The third-order valence-corrected chi connectivity index (χ3v) is 8.19. The summed E-state index contributed by atoms with van der Waals surface area (Å²) in [5.41, 5.74) is 0.729. The van der Waals surface area contributed by atoms with Gasteiger partial charge in [-0.2, -0.15) is 0 Å². The zero-order valence-electron chi connectivity index (χ0n) is 20.5. The van der Waals surface area contributed by atoms with E-state index in [4.69, 9.17) is 31.1 Å². The highest BCUT2D eigenvalue weighted by atomic mass is 32.1. The number of carbonyl (C=O) groups is 1. The summed E-state index contributed by atoms with van der Waals surface area (Å²) in [5, 5.41) is 3.38. The maximum atomic E-state index is 11.3. The predicted molar refractivity (Wildman–Crippen MR) is 136 cm³/mol. The molecule has 1 saturated carbocycles. The van der Waals surface area contributed by atoms with Gasteiger partial charge in [0.05, 0.1) is 25.2 Å². The van der Waals surface area contributed by atoms with Crippen molar-refractivity contribution < 1.29 is 18.7 Å². The molecule has 1 aromatic heterocycles. The van der Waals surface area contributed by atoms with Crippen molar-refractivity contribution in [3.63, 3.8) is 0 Å². The smallest absolute Gasteiger partial charge is 0.305 e. The number of carbonyl (C=O) groups excluding carboxylic acids is 1. The molecule has 1 aliphatic carbocycles. The Morgan fingerprint density at radius 2 is 2.00 bits per heavy atom. The van der Waals surface area contributed by atoms with Crippen LogP contribution >= 0.6 is 12.2 Å². The Labute approximate surface area is 209 Å². The third-order valence-electron chi connectivity index (χ3n) is 7.83. The second kappa shape index (κ2) is 12.8. The molecule has 2 saturated heterocycles. The molecule has 0 amide bonds. The molecule has 0 aromatic carbocycles. The lowest BCUT2D eigenvalue weighted by atomic mass is 9.77. The molecule has 0 spiro atoms. The molecule has 7 heteroatoms. The molecule has 4 rings (SSSR count). The number of unbranched alkanes of at least 4 members (excludes halogenated alkanes) is 1. The fraction of sp³-hybridized carbons (Fsp3) is 0.741. The van der Waals surface area contributed by atoms with E-state index in [0.717, 1.165) is 49.7 Å². The molecular weight excluding hydrogens is 448 g/mol. The van der Waals surface area contributed by atoms with Gasteiger partial charge in [0.15, 0.2) is 0 Å². The first-order valence-electron chi connectivity index (χ1n) is 13.3. The second-order valence-corrected chi connectivity index (χ2v) is 10.5. The molecule has 3 aliphatic rings. The van der Waals surface area contributed by atoms with Crippen LogP contribution in [-0.2, 0) is 14.3 Å². The molecule has 3 heterocycles. The van der Waals surface area contributed by atoms with Crippen molar-refractivity contribution in [2.75, 3.05) is 13.7 Å². The molecule has 4 atom stereocenters. The lowest BCUT2D eigenvalue weighted by Gasteiger charge is -2.24. The van der Waals surface area contributed by atoms with Crippen LogP contribution in [0.25, 0.3) is 0 Å². The Bertz CT molecular complexity index is 832. The highest BCUT2D eigenvalue weighted by molar-refractivity contribution is 7.80. The van der Waals surface area contributed by atoms with Crippen molar-refractivity contribution in [3.05, 3.63) is 30.0 Å². The van der Waals surface area contributed by atoms with Gasteiger partial charge in [-0.1, -0.05) is 69.3 Å². The van der Waals surface area contributed by atoms with Gasteiger partial charge in [-0.3, -0.25) is 4.79 Å². The molecule has 1 aromatic rings. The first kappa shape index (κ1) is 25.4. The average molecular weight is 489 g/mol. The van der Waals surface area contributed by atoms with Crippen LogP contribution in [-0.4, -0.2) is 41.8 Å². The van der Waals surface area contributed by atoms with E-state index in [1.54, 1.807) is 6.26 Å². The monoisotopic (exact) mass is 488 g/mol. The molecule has 3 fully saturated rings. The van der Waals surface area contributed by atoms with Crippen LogP contribution in [0.4, 0.5) is 0 Å². The minimum absolute atomic E-state index is 0.163. The molecule has 2 aliphatic heterocycles. The van der Waals surface area contributed by atoms with Crippen molar-refractivity contribution in [1.82, 2.24) is 10.3 Å². The highest BCUT2D eigenvalue weighted by Crippen LogP contribution is 2.50. The van der Waals surface area contributed by atoms with Crippen LogP contribution in [0.2, 0.25) is 0 Å². The summed E-state index contributed by atoms with van der Waals surface area (Å²) >= 11 is 5.60. The Morgan fingerprint density at radius 3 is 2.82 bits per heavy atom. The van der Waals surface area contributed by atoms with Crippen LogP contribution in [0.15, 0.2) is 22.8 Å². The number of methoxy groups -OCH3 is 1. The van der Waals surface area contributed by atoms with Gasteiger partial charge >= 0.3 is 5.97 Å². The predicted octanol–water partition coefficient (Wildman–Crippen LogP) is 5.85. The van der Waals surface area contributed by atoms with Gasteiger partial charge < -0.3 is 19.2 Å². The summed E-state index contributed by atoms with van der Waals surface area (Å²) in [6.07, 6.45) is 21.4. The second-order valence-electron chi connectivity index (χ2n) is 10.1. The number of hydrogen-bond donors (Lipinski definition) is 1. The van der Waals surface area contributed by atoms with Crippen LogP contribution in [0.3, 0.4) is 0 Å². The van der Waals surface area contributed by atoms with E-state index < -0.39 is 0 Å². The molecule has 0 radical (unpaired) electrons. The number of allylic oxidation sites excluding steroid dienone is 2. The van der Waals surface area contributed by atoms with Crippen LogP contribution in [0.5, 0.6) is 0 Å². The fourth-order valence-corrected chi connectivity index (χ4v) is 6.16. The number of ether oxygens (including phenoxy) is 2. The lowest BCUT2D eigenvalue weighted by Crippen LogP contribution is -2.26. The van der Waals surface area contributed by atoms with Gasteiger partial charge in [0.25, 0.3) is 0 Å². The number of esters is 1. The van der Waals surface area contributed by atoms with Crippen molar-refractivity contribution in [3.8, 4) is 0 Å². The summed E-state index contributed by atoms with van der Waals surface area (Å²) in [6.45, 7) is 0.893. The van der Waals surface area contributed by atoms with Gasteiger partial charge in [-0.15, -0.1) is 0 Å². The third kappa shape index (κ3) is 6.69. The number of thiocarbonyl (C=S) groups is 1. The number of fused-ring (bicyclic) bond motifs is 2. The van der Waals surface area contributed by atoms with Gasteiger partial charge in [0, 0.05) is 18.9 Å². The van der Waals surface area contributed by atoms with E-state index in [2.05, 4.69) is 17.5 Å². The van der Waals surface area contributed by atoms with Crippen molar-refractivity contribution in [2.24, 2.45) is 11.8 Å². The molecular formula is C27H40N2O4S. The number of oxazole rings is 1. The van der Waals surface area contributed by atoms with E-state index in [0.29, 0.717) is 23.7 Å². The van der Waals surface area contributed by atoms with Crippen molar-refractivity contribution >= 4 is 23.2 Å². The average Bonchev–Trinajstić information content (AvgIpc) is 3.60. The lowest BCUT2D eigenvalue weighted by molar-refractivity contribution is -0.140. The van der Waals surface area contributed by atoms with E-state index in [-0.39, 0.29) is 24.1 Å². The molecule has 188 valence electrons. The number of nitrogens with zero attached hydrogens (tertiary/aromatic N) is 1. The molecule has 4 unspecified atom stereocenters. The fourth-order valence-electron chi connectivity index (χ4n) is 5.96. The largest absolute Gasteiger partial charge is 0.469 e. The minimum atomic E-state index is -0.174. The first-order chi connectivity index (χ1) is 16.7. The van der Waals surface area contributed by atoms with Crippen LogP contribution in [0, 0.1) is 11.8 Å². The zero-order chi connectivity index (χ0) is 23.8. The van der Waals surface area contributed by atoms with Gasteiger partial charge in [0.1, 0.15) is 16.9 Å².